The van der Waals surface area contributed by atoms with Crippen molar-refractivity contribution >= 4 is 5.78 Å². The van der Waals surface area contributed by atoms with Gasteiger partial charge in [-0.05, 0) is 25.3 Å². The zero-order valence-corrected chi connectivity index (χ0v) is 6.97. The van der Waals surface area contributed by atoms with Crippen molar-refractivity contribution < 1.29 is 4.79 Å². The Labute approximate surface area is 67.8 Å². The van der Waals surface area contributed by atoms with Gasteiger partial charge in [0.2, 0.25) is 0 Å². The Morgan fingerprint density at radius 1 is 1.82 bits per heavy atom. The molecule has 60 valence electrons. The zero-order chi connectivity index (χ0) is 8.32. The Hall–Kier alpha value is -0.850. The molecule has 0 aromatic carbocycles. The van der Waals surface area contributed by atoms with Gasteiger partial charge in [0, 0.05) is 5.41 Å². The third-order valence-electron chi connectivity index (χ3n) is 2.32. The molecule has 1 atom stereocenters. The fraction of sp³-hybridized carbons (Fsp3) is 0.500. The second-order valence-corrected chi connectivity index (χ2v) is 3.36. The molecule has 11 heavy (non-hydrogen) atoms. The first kappa shape index (κ1) is 8.25. The maximum absolute atomic E-state index is 11.4. The topological polar surface area (TPSA) is 17.1 Å². The number of hydrogen-bond donors (Lipinski definition) is 0. The highest BCUT2D eigenvalue weighted by atomic mass is 16.1. The molecular weight excluding hydrogens is 136 g/mol. The standard InChI is InChI=1S/C10H14O/c1-3-7-10(2)8-5-4-6-9(10)11/h3-4,6H,1,5,7-8H2,2H3/t10-/m1/s1. The summed E-state index contributed by atoms with van der Waals surface area (Å²) in [5, 5.41) is 0. The molecule has 0 N–H and O–H groups in total. The van der Waals surface area contributed by atoms with Crippen LogP contribution in [0, 0.1) is 5.41 Å². The van der Waals surface area contributed by atoms with Gasteiger partial charge in [-0.1, -0.05) is 19.1 Å². The third kappa shape index (κ3) is 1.59. The number of carbonyl (C=O) groups excluding carboxylic acids is 1. The van der Waals surface area contributed by atoms with Crippen molar-refractivity contribution in [3.05, 3.63) is 24.8 Å². The van der Waals surface area contributed by atoms with Crippen molar-refractivity contribution in [2.75, 3.05) is 0 Å². The van der Waals surface area contributed by atoms with Gasteiger partial charge in [0.1, 0.15) is 0 Å². The molecule has 1 nitrogen and oxygen atoms in total. The van der Waals surface area contributed by atoms with Crippen molar-refractivity contribution in [1.82, 2.24) is 0 Å². The van der Waals surface area contributed by atoms with E-state index in [9.17, 15) is 4.79 Å². The second-order valence-electron chi connectivity index (χ2n) is 3.36. The number of ketones is 1. The van der Waals surface area contributed by atoms with E-state index in [-0.39, 0.29) is 11.2 Å². The van der Waals surface area contributed by atoms with Crippen LogP contribution >= 0.6 is 0 Å². The highest BCUT2D eigenvalue weighted by molar-refractivity contribution is 5.95. The SMILES string of the molecule is C=CC[C@]1(C)CCC=CC1=O. The maximum atomic E-state index is 11.4. The fourth-order valence-corrected chi connectivity index (χ4v) is 1.44. The minimum atomic E-state index is -0.156. The molecule has 0 spiro atoms. The maximum Gasteiger partial charge on any atom is 0.161 e. The summed E-state index contributed by atoms with van der Waals surface area (Å²) in [5.74, 6) is 0.253. The Balaban J connectivity index is 2.76. The monoisotopic (exact) mass is 150 g/mol. The van der Waals surface area contributed by atoms with Crippen LogP contribution in [0.4, 0.5) is 0 Å². The van der Waals surface area contributed by atoms with E-state index in [0.29, 0.717) is 0 Å². The first-order valence-electron chi connectivity index (χ1n) is 4.01. The normalized spacial score (nSPS) is 30.5. The molecule has 0 aromatic heterocycles. The molecule has 0 fully saturated rings. The first-order valence-corrected chi connectivity index (χ1v) is 4.01. The van der Waals surface area contributed by atoms with Crippen LogP contribution in [0.25, 0.3) is 0 Å². The zero-order valence-electron chi connectivity index (χ0n) is 6.97. The molecule has 0 saturated carbocycles. The van der Waals surface area contributed by atoms with Crippen LogP contribution in [0.5, 0.6) is 0 Å². The number of allylic oxidation sites excluding steroid dienone is 3. The predicted molar refractivity (Wildman–Crippen MR) is 46.3 cm³/mol. The molecular formula is C10H14O. The van der Waals surface area contributed by atoms with Gasteiger partial charge in [0.05, 0.1) is 0 Å². The van der Waals surface area contributed by atoms with Gasteiger partial charge in [-0.25, -0.2) is 0 Å². The molecule has 0 bridgehead atoms. The number of rotatable bonds is 2. The molecule has 0 unspecified atom stereocenters. The Morgan fingerprint density at radius 3 is 3.09 bits per heavy atom. The van der Waals surface area contributed by atoms with Gasteiger partial charge in [-0.2, -0.15) is 0 Å². The molecule has 0 amide bonds. The van der Waals surface area contributed by atoms with Gasteiger partial charge in [0.15, 0.2) is 5.78 Å². The summed E-state index contributed by atoms with van der Waals surface area (Å²) in [6, 6.07) is 0. The van der Waals surface area contributed by atoms with Gasteiger partial charge >= 0.3 is 0 Å². The predicted octanol–water partition coefficient (Wildman–Crippen LogP) is 2.49. The lowest BCUT2D eigenvalue weighted by Crippen LogP contribution is -2.27. The van der Waals surface area contributed by atoms with E-state index in [1.54, 1.807) is 6.08 Å². The highest BCUT2D eigenvalue weighted by Gasteiger charge is 2.30. The average Bonchev–Trinajstić information content (AvgIpc) is 1.96. The lowest BCUT2D eigenvalue weighted by molar-refractivity contribution is -0.123. The van der Waals surface area contributed by atoms with E-state index in [1.165, 1.54) is 0 Å². The van der Waals surface area contributed by atoms with Gasteiger partial charge in [-0.15, -0.1) is 6.58 Å². The summed E-state index contributed by atoms with van der Waals surface area (Å²) in [5.41, 5.74) is -0.156. The second kappa shape index (κ2) is 3.04. The van der Waals surface area contributed by atoms with E-state index >= 15 is 0 Å². The minimum Gasteiger partial charge on any atom is -0.294 e. The smallest absolute Gasteiger partial charge is 0.161 e. The summed E-state index contributed by atoms with van der Waals surface area (Å²) in [4.78, 5) is 11.4. The quantitative estimate of drug-likeness (QED) is 0.553. The summed E-state index contributed by atoms with van der Waals surface area (Å²) in [7, 11) is 0. The van der Waals surface area contributed by atoms with E-state index in [2.05, 4.69) is 6.58 Å². The average molecular weight is 150 g/mol. The van der Waals surface area contributed by atoms with Crippen LogP contribution in [-0.2, 0) is 4.79 Å². The van der Waals surface area contributed by atoms with Crippen molar-refractivity contribution in [2.24, 2.45) is 5.41 Å². The van der Waals surface area contributed by atoms with Crippen LogP contribution in [0.3, 0.4) is 0 Å². The lowest BCUT2D eigenvalue weighted by Gasteiger charge is -2.27. The van der Waals surface area contributed by atoms with Crippen molar-refractivity contribution in [3.63, 3.8) is 0 Å². The van der Waals surface area contributed by atoms with Crippen LogP contribution in [-0.4, -0.2) is 5.78 Å². The van der Waals surface area contributed by atoms with Crippen LogP contribution in [0.2, 0.25) is 0 Å². The Kier molecular flexibility index (Phi) is 2.28. The van der Waals surface area contributed by atoms with Crippen LogP contribution in [0.15, 0.2) is 24.8 Å². The molecule has 0 heterocycles. The van der Waals surface area contributed by atoms with E-state index in [0.717, 1.165) is 19.3 Å². The van der Waals surface area contributed by atoms with Gasteiger partial charge < -0.3 is 0 Å². The summed E-state index contributed by atoms with van der Waals surface area (Å²) in [6.45, 7) is 5.67. The molecule has 0 aromatic rings. The molecule has 1 aliphatic rings. The van der Waals surface area contributed by atoms with Crippen molar-refractivity contribution in [2.45, 2.75) is 26.2 Å². The highest BCUT2D eigenvalue weighted by Crippen LogP contribution is 2.32. The third-order valence-corrected chi connectivity index (χ3v) is 2.32. The van der Waals surface area contributed by atoms with Crippen LogP contribution in [0.1, 0.15) is 26.2 Å². The van der Waals surface area contributed by atoms with Gasteiger partial charge in [0.25, 0.3) is 0 Å². The molecule has 1 rings (SSSR count). The van der Waals surface area contributed by atoms with Crippen molar-refractivity contribution in [3.8, 4) is 0 Å². The molecule has 0 radical (unpaired) electrons. The van der Waals surface area contributed by atoms with Crippen molar-refractivity contribution in [1.29, 1.82) is 0 Å². The fourth-order valence-electron chi connectivity index (χ4n) is 1.44. The largest absolute Gasteiger partial charge is 0.294 e. The van der Waals surface area contributed by atoms with E-state index < -0.39 is 0 Å². The molecule has 0 saturated heterocycles. The summed E-state index contributed by atoms with van der Waals surface area (Å²) < 4.78 is 0. The Morgan fingerprint density at radius 2 is 2.55 bits per heavy atom. The Bertz CT molecular complexity index is 203. The first-order chi connectivity index (χ1) is 5.19. The number of hydrogen-bond acceptors (Lipinski definition) is 1. The summed E-state index contributed by atoms with van der Waals surface area (Å²) in [6.07, 6.45) is 8.28. The minimum absolute atomic E-state index is 0.156. The van der Waals surface area contributed by atoms with E-state index in [1.807, 2.05) is 19.1 Å². The molecule has 1 aliphatic carbocycles. The molecule has 1 heteroatoms. The lowest BCUT2D eigenvalue weighted by atomic mass is 9.75. The van der Waals surface area contributed by atoms with Crippen LogP contribution < -0.4 is 0 Å². The number of carbonyl (C=O) groups is 1. The molecule has 0 aliphatic heterocycles. The van der Waals surface area contributed by atoms with Gasteiger partial charge in [-0.3, -0.25) is 4.79 Å². The van der Waals surface area contributed by atoms with E-state index in [4.69, 9.17) is 0 Å². The summed E-state index contributed by atoms with van der Waals surface area (Å²) >= 11 is 0.